The first-order valence-electron chi connectivity index (χ1n) is 10.9. The van der Waals surface area contributed by atoms with Gasteiger partial charge in [-0.3, -0.25) is 4.90 Å². The van der Waals surface area contributed by atoms with E-state index < -0.39 is 0 Å². The van der Waals surface area contributed by atoms with Gasteiger partial charge in [0, 0.05) is 51.0 Å². The third-order valence-electron chi connectivity index (χ3n) is 5.51. The van der Waals surface area contributed by atoms with Crippen LogP contribution in [0.5, 0.6) is 0 Å². The van der Waals surface area contributed by atoms with Crippen molar-refractivity contribution in [2.75, 3.05) is 32.7 Å². The molecule has 1 saturated heterocycles. The first kappa shape index (κ1) is 24.2. The van der Waals surface area contributed by atoms with Crippen LogP contribution < -0.4 is 5.32 Å². The Morgan fingerprint density at radius 2 is 1.91 bits per heavy atom. The van der Waals surface area contributed by atoms with E-state index in [0.29, 0.717) is 6.54 Å². The molecule has 3 heterocycles. The topological polar surface area (TPSA) is 74.7 Å². The zero-order valence-corrected chi connectivity index (χ0v) is 21.3. The smallest absolute Gasteiger partial charge is 0.194 e. The Labute approximate surface area is 206 Å². The minimum absolute atomic E-state index is 0. The molecule has 1 aromatic carbocycles. The maximum absolute atomic E-state index is 4.98. The number of guanidine groups is 1. The van der Waals surface area contributed by atoms with Crippen molar-refractivity contribution < 1.29 is 4.52 Å². The molecule has 0 aliphatic carbocycles. The second kappa shape index (κ2) is 11.5. The number of aryl methyl sites for hydroxylation is 2. The molecule has 32 heavy (non-hydrogen) atoms. The molecule has 0 atom stereocenters. The SMILES string of the molecule is CCNC(=NCc1ccccc1-n1nc(C)cc1C)N1CCN(Cc2ccon2)CC1.I. The number of halogens is 1. The minimum atomic E-state index is 0. The maximum Gasteiger partial charge on any atom is 0.194 e. The second-order valence-electron chi connectivity index (χ2n) is 7.89. The van der Waals surface area contributed by atoms with Gasteiger partial charge in [0.2, 0.25) is 0 Å². The molecule has 0 amide bonds. The lowest BCUT2D eigenvalue weighted by atomic mass is 10.2. The first-order valence-corrected chi connectivity index (χ1v) is 10.9. The summed E-state index contributed by atoms with van der Waals surface area (Å²) in [4.78, 5) is 9.72. The quantitative estimate of drug-likeness (QED) is 0.289. The van der Waals surface area contributed by atoms with Crippen molar-refractivity contribution >= 4 is 29.9 Å². The predicted octanol–water partition coefficient (Wildman–Crippen LogP) is 3.38. The fourth-order valence-electron chi connectivity index (χ4n) is 3.98. The molecule has 3 aromatic rings. The highest BCUT2D eigenvalue weighted by molar-refractivity contribution is 14.0. The lowest BCUT2D eigenvalue weighted by Gasteiger charge is -2.36. The van der Waals surface area contributed by atoms with Crippen LogP contribution in [0.4, 0.5) is 0 Å². The van der Waals surface area contributed by atoms with Gasteiger partial charge >= 0.3 is 0 Å². The molecule has 1 aliphatic rings. The molecule has 0 radical (unpaired) electrons. The van der Waals surface area contributed by atoms with Gasteiger partial charge in [-0.2, -0.15) is 5.10 Å². The van der Waals surface area contributed by atoms with Crippen LogP contribution in [0.25, 0.3) is 5.69 Å². The van der Waals surface area contributed by atoms with Crippen LogP contribution in [0.2, 0.25) is 0 Å². The standard InChI is InChI=1S/C23H31N7O.HI/c1-4-24-23(29-12-10-28(11-13-29)17-21-9-14-31-27-21)25-16-20-7-5-6-8-22(20)30-19(3)15-18(2)26-30;/h5-9,14-15H,4,10-13,16-17H2,1-3H3,(H,24,25);1H. The van der Waals surface area contributed by atoms with Crippen molar-refractivity contribution in [1.29, 1.82) is 0 Å². The highest BCUT2D eigenvalue weighted by atomic mass is 127. The summed E-state index contributed by atoms with van der Waals surface area (Å²) in [6, 6.07) is 12.4. The largest absolute Gasteiger partial charge is 0.364 e. The number of piperazine rings is 1. The van der Waals surface area contributed by atoms with E-state index in [1.807, 2.05) is 17.7 Å². The highest BCUT2D eigenvalue weighted by Crippen LogP contribution is 2.18. The van der Waals surface area contributed by atoms with E-state index in [2.05, 4.69) is 69.6 Å². The number of hydrogen-bond acceptors (Lipinski definition) is 5. The maximum atomic E-state index is 4.98. The van der Waals surface area contributed by atoms with Crippen molar-refractivity contribution in [1.82, 2.24) is 30.1 Å². The molecule has 1 aliphatic heterocycles. The van der Waals surface area contributed by atoms with Gasteiger partial charge < -0.3 is 14.7 Å². The summed E-state index contributed by atoms with van der Waals surface area (Å²) >= 11 is 0. The highest BCUT2D eigenvalue weighted by Gasteiger charge is 2.20. The van der Waals surface area contributed by atoms with Crippen molar-refractivity contribution in [3.05, 3.63) is 65.3 Å². The summed E-state index contributed by atoms with van der Waals surface area (Å²) < 4.78 is 6.96. The number of aromatic nitrogens is 3. The molecule has 9 heteroatoms. The summed E-state index contributed by atoms with van der Waals surface area (Å²) in [5.41, 5.74) is 5.38. The van der Waals surface area contributed by atoms with Crippen LogP contribution in [0.3, 0.4) is 0 Å². The molecule has 8 nitrogen and oxygen atoms in total. The first-order chi connectivity index (χ1) is 15.1. The summed E-state index contributed by atoms with van der Waals surface area (Å²) in [6.07, 6.45) is 1.63. The third-order valence-corrected chi connectivity index (χ3v) is 5.51. The van der Waals surface area contributed by atoms with Crippen molar-refractivity contribution in [3.63, 3.8) is 0 Å². The van der Waals surface area contributed by atoms with E-state index in [0.717, 1.165) is 73.6 Å². The summed E-state index contributed by atoms with van der Waals surface area (Å²) in [7, 11) is 0. The summed E-state index contributed by atoms with van der Waals surface area (Å²) in [5, 5.41) is 12.1. The normalized spacial score (nSPS) is 15.0. The molecule has 1 N–H and O–H groups in total. The van der Waals surface area contributed by atoms with E-state index in [9.17, 15) is 0 Å². The fraction of sp³-hybridized carbons (Fsp3) is 0.435. The van der Waals surface area contributed by atoms with Gasteiger partial charge in [-0.05, 0) is 38.5 Å². The fourth-order valence-corrected chi connectivity index (χ4v) is 3.98. The van der Waals surface area contributed by atoms with Crippen LogP contribution in [-0.2, 0) is 13.1 Å². The number of para-hydroxylation sites is 1. The van der Waals surface area contributed by atoms with Gasteiger partial charge in [-0.15, -0.1) is 24.0 Å². The summed E-state index contributed by atoms with van der Waals surface area (Å²) in [5.74, 6) is 0.965. The third kappa shape index (κ3) is 5.89. The Morgan fingerprint density at radius 1 is 1.12 bits per heavy atom. The Bertz CT molecular complexity index is 1010. The Morgan fingerprint density at radius 3 is 2.56 bits per heavy atom. The zero-order valence-electron chi connectivity index (χ0n) is 19.0. The monoisotopic (exact) mass is 549 g/mol. The lowest BCUT2D eigenvalue weighted by Crippen LogP contribution is -2.52. The van der Waals surface area contributed by atoms with Gasteiger partial charge in [0.15, 0.2) is 5.96 Å². The van der Waals surface area contributed by atoms with Crippen LogP contribution in [-0.4, -0.2) is 63.4 Å². The van der Waals surface area contributed by atoms with Gasteiger partial charge in [-0.1, -0.05) is 23.4 Å². The van der Waals surface area contributed by atoms with Crippen molar-refractivity contribution in [2.24, 2.45) is 4.99 Å². The molecule has 0 saturated carbocycles. The van der Waals surface area contributed by atoms with Crippen LogP contribution >= 0.6 is 24.0 Å². The lowest BCUT2D eigenvalue weighted by molar-refractivity contribution is 0.169. The van der Waals surface area contributed by atoms with E-state index in [-0.39, 0.29) is 24.0 Å². The molecule has 1 fully saturated rings. The predicted molar refractivity (Wildman–Crippen MR) is 137 cm³/mol. The average molecular weight is 549 g/mol. The molecule has 0 bridgehead atoms. The average Bonchev–Trinajstić information content (AvgIpc) is 3.41. The number of nitrogens with zero attached hydrogens (tertiary/aromatic N) is 6. The number of rotatable bonds is 6. The number of benzene rings is 1. The van der Waals surface area contributed by atoms with Crippen LogP contribution in [0, 0.1) is 13.8 Å². The molecule has 4 rings (SSSR count). The molecular formula is C23H32IN7O. The molecule has 2 aromatic heterocycles. The van der Waals surface area contributed by atoms with Crippen LogP contribution in [0.1, 0.15) is 29.6 Å². The molecular weight excluding hydrogens is 517 g/mol. The van der Waals surface area contributed by atoms with E-state index in [4.69, 9.17) is 9.52 Å². The Kier molecular flexibility index (Phi) is 8.68. The Balaban J connectivity index is 0.00000289. The second-order valence-corrected chi connectivity index (χ2v) is 7.89. The minimum Gasteiger partial charge on any atom is -0.364 e. The Hall–Kier alpha value is -2.40. The number of nitrogens with one attached hydrogen (secondary N) is 1. The van der Waals surface area contributed by atoms with Gasteiger partial charge in [0.1, 0.15) is 6.26 Å². The molecule has 172 valence electrons. The van der Waals surface area contributed by atoms with E-state index in [1.165, 1.54) is 0 Å². The van der Waals surface area contributed by atoms with Gasteiger partial charge in [0.05, 0.1) is 23.6 Å². The number of aliphatic imine (C=N–C) groups is 1. The summed E-state index contributed by atoms with van der Waals surface area (Å²) in [6.45, 7) is 12.3. The van der Waals surface area contributed by atoms with E-state index in [1.54, 1.807) is 6.26 Å². The van der Waals surface area contributed by atoms with E-state index >= 15 is 0 Å². The molecule has 0 unspecified atom stereocenters. The molecule has 0 spiro atoms. The van der Waals surface area contributed by atoms with Crippen molar-refractivity contribution in [3.8, 4) is 5.69 Å². The zero-order chi connectivity index (χ0) is 21.6. The van der Waals surface area contributed by atoms with Gasteiger partial charge in [-0.25, -0.2) is 9.67 Å². The number of hydrogen-bond donors (Lipinski definition) is 1. The van der Waals surface area contributed by atoms with Crippen molar-refractivity contribution in [2.45, 2.75) is 33.9 Å². The van der Waals surface area contributed by atoms with Crippen LogP contribution in [0.15, 0.2) is 52.2 Å². The van der Waals surface area contributed by atoms with Gasteiger partial charge in [0.25, 0.3) is 0 Å².